The molecule has 3 aliphatic rings. The molecule has 0 aromatic carbocycles. The first kappa shape index (κ1) is 7.74. The summed E-state index contributed by atoms with van der Waals surface area (Å²) in [6.45, 7) is 0. The van der Waals surface area contributed by atoms with Crippen molar-refractivity contribution in [3.05, 3.63) is 47.5 Å². The molecule has 0 spiro atoms. The van der Waals surface area contributed by atoms with Crippen LogP contribution in [0.25, 0.3) is 11.1 Å². The fourth-order valence-corrected chi connectivity index (χ4v) is 2.23. The fourth-order valence-electron chi connectivity index (χ4n) is 2.23. The SMILES string of the molecule is O=C1CCc2ccccc3ccc1c2-3. The van der Waals surface area contributed by atoms with Gasteiger partial charge in [-0.2, -0.15) is 0 Å². The Morgan fingerprint density at radius 1 is 0.929 bits per heavy atom. The minimum atomic E-state index is 0.290. The number of Topliss-reactive ketones (excluding diaryl/α,β-unsaturated/α-hetero) is 1. The van der Waals surface area contributed by atoms with Gasteiger partial charge in [0, 0.05) is 12.0 Å². The normalized spacial score (nSPS) is 14.7. The molecule has 0 saturated carbocycles. The lowest BCUT2D eigenvalue weighted by Crippen LogP contribution is -2.07. The lowest BCUT2D eigenvalue weighted by Gasteiger charge is -2.12. The Morgan fingerprint density at radius 3 is 2.71 bits per heavy atom. The number of aryl methyl sites for hydroxylation is 1. The summed E-state index contributed by atoms with van der Waals surface area (Å²) in [4.78, 5) is 11.6. The molecule has 1 heteroatoms. The van der Waals surface area contributed by atoms with E-state index >= 15 is 0 Å². The Kier molecular flexibility index (Phi) is 1.48. The van der Waals surface area contributed by atoms with Crippen molar-refractivity contribution in [2.24, 2.45) is 0 Å². The summed E-state index contributed by atoms with van der Waals surface area (Å²) < 4.78 is 0. The summed E-state index contributed by atoms with van der Waals surface area (Å²) in [6.07, 6.45) is 1.55. The second kappa shape index (κ2) is 2.68. The third kappa shape index (κ3) is 0.925. The van der Waals surface area contributed by atoms with Crippen LogP contribution in [0, 0.1) is 0 Å². The number of hydrogen-bond donors (Lipinski definition) is 0. The molecule has 0 saturated heterocycles. The Labute approximate surface area is 82.7 Å². The maximum Gasteiger partial charge on any atom is 0.163 e. The number of rotatable bonds is 0. The van der Waals surface area contributed by atoms with Gasteiger partial charge in [-0.3, -0.25) is 4.79 Å². The minimum Gasteiger partial charge on any atom is -0.294 e. The van der Waals surface area contributed by atoms with Gasteiger partial charge in [0.2, 0.25) is 0 Å². The smallest absolute Gasteiger partial charge is 0.163 e. The highest BCUT2D eigenvalue weighted by Gasteiger charge is 2.22. The van der Waals surface area contributed by atoms with Crippen LogP contribution in [-0.2, 0) is 6.42 Å². The lowest BCUT2D eigenvalue weighted by atomic mass is 9.90. The zero-order chi connectivity index (χ0) is 9.54. The Morgan fingerprint density at radius 2 is 1.79 bits per heavy atom. The molecule has 0 atom stereocenters. The summed E-state index contributed by atoms with van der Waals surface area (Å²) >= 11 is 0. The first-order chi connectivity index (χ1) is 6.86. The fraction of sp³-hybridized carbons (Fsp3) is 0.154. The highest BCUT2D eigenvalue weighted by atomic mass is 16.1. The van der Waals surface area contributed by atoms with E-state index in [1.54, 1.807) is 0 Å². The lowest BCUT2D eigenvalue weighted by molar-refractivity contribution is 0.0981. The van der Waals surface area contributed by atoms with Gasteiger partial charge in [0.1, 0.15) is 0 Å². The molecule has 14 heavy (non-hydrogen) atoms. The van der Waals surface area contributed by atoms with Crippen molar-refractivity contribution < 1.29 is 4.79 Å². The monoisotopic (exact) mass is 182 g/mol. The largest absolute Gasteiger partial charge is 0.294 e. The van der Waals surface area contributed by atoms with E-state index in [4.69, 9.17) is 0 Å². The van der Waals surface area contributed by atoms with Crippen LogP contribution in [0.1, 0.15) is 22.3 Å². The summed E-state index contributed by atoms with van der Waals surface area (Å²) in [6, 6.07) is 12.3. The van der Waals surface area contributed by atoms with Crippen LogP contribution in [0.3, 0.4) is 0 Å². The molecule has 0 amide bonds. The second-order valence-electron chi connectivity index (χ2n) is 3.74. The molecule has 0 bridgehead atoms. The van der Waals surface area contributed by atoms with Crippen LogP contribution in [0.5, 0.6) is 0 Å². The van der Waals surface area contributed by atoms with Crippen molar-refractivity contribution >= 4 is 5.78 Å². The van der Waals surface area contributed by atoms with Crippen LogP contribution in [0.4, 0.5) is 0 Å². The maximum absolute atomic E-state index is 11.6. The predicted octanol–water partition coefficient (Wildman–Crippen LogP) is 2.92. The molecule has 68 valence electrons. The van der Waals surface area contributed by atoms with E-state index in [2.05, 4.69) is 18.2 Å². The molecule has 0 heterocycles. The Hall–Kier alpha value is -1.63. The molecule has 0 N–H and O–H groups in total. The van der Waals surface area contributed by atoms with E-state index in [1.807, 2.05) is 18.2 Å². The van der Waals surface area contributed by atoms with Gasteiger partial charge < -0.3 is 0 Å². The quantitative estimate of drug-likeness (QED) is 0.612. The molecule has 0 unspecified atom stereocenters. The van der Waals surface area contributed by atoms with Crippen molar-refractivity contribution in [2.75, 3.05) is 0 Å². The molecular weight excluding hydrogens is 172 g/mol. The van der Waals surface area contributed by atoms with E-state index in [-0.39, 0.29) is 0 Å². The molecule has 3 aliphatic carbocycles. The van der Waals surface area contributed by atoms with E-state index in [0.717, 1.165) is 12.0 Å². The first-order valence-corrected chi connectivity index (χ1v) is 4.90. The average Bonchev–Trinajstić information content (AvgIpc) is 2.51. The molecule has 0 radical (unpaired) electrons. The third-order valence-electron chi connectivity index (χ3n) is 2.91. The van der Waals surface area contributed by atoms with Crippen molar-refractivity contribution in [3.8, 4) is 11.1 Å². The number of carbonyl (C=O) groups excluding carboxylic acids is 1. The van der Waals surface area contributed by atoms with Crippen molar-refractivity contribution in [1.29, 1.82) is 0 Å². The van der Waals surface area contributed by atoms with Gasteiger partial charge in [-0.1, -0.05) is 36.4 Å². The van der Waals surface area contributed by atoms with Crippen LogP contribution >= 0.6 is 0 Å². The zero-order valence-corrected chi connectivity index (χ0v) is 7.79. The first-order valence-electron chi connectivity index (χ1n) is 4.90. The molecule has 0 aromatic rings. The van der Waals surface area contributed by atoms with Crippen LogP contribution in [-0.4, -0.2) is 5.78 Å². The zero-order valence-electron chi connectivity index (χ0n) is 7.79. The standard InChI is InChI=1S/C13H10O/c14-12-8-6-10-4-2-1-3-9-5-7-11(12)13(9)10/h1-5,7H,6,8H2. The molecule has 0 aliphatic heterocycles. The van der Waals surface area contributed by atoms with Crippen molar-refractivity contribution in [1.82, 2.24) is 0 Å². The second-order valence-corrected chi connectivity index (χ2v) is 3.74. The molecule has 1 nitrogen and oxygen atoms in total. The maximum atomic E-state index is 11.6. The summed E-state index contributed by atoms with van der Waals surface area (Å²) in [7, 11) is 0. The van der Waals surface area contributed by atoms with Gasteiger partial charge in [-0.25, -0.2) is 0 Å². The van der Waals surface area contributed by atoms with Gasteiger partial charge in [-0.15, -0.1) is 0 Å². The number of ketones is 1. The average molecular weight is 182 g/mol. The van der Waals surface area contributed by atoms with E-state index < -0.39 is 0 Å². The minimum absolute atomic E-state index is 0.290. The Balaban J connectivity index is 2.41. The van der Waals surface area contributed by atoms with Gasteiger partial charge in [0.15, 0.2) is 5.78 Å². The highest BCUT2D eigenvalue weighted by Crippen LogP contribution is 2.35. The van der Waals surface area contributed by atoms with Gasteiger partial charge in [0.05, 0.1) is 0 Å². The Bertz CT molecular complexity index is 485. The van der Waals surface area contributed by atoms with Crippen LogP contribution in [0.15, 0.2) is 36.4 Å². The molecular formula is C13H10O. The summed E-state index contributed by atoms with van der Waals surface area (Å²) in [5.41, 5.74) is 4.58. The van der Waals surface area contributed by atoms with E-state index in [9.17, 15) is 4.79 Å². The van der Waals surface area contributed by atoms with Gasteiger partial charge >= 0.3 is 0 Å². The highest BCUT2D eigenvalue weighted by molar-refractivity contribution is 6.06. The van der Waals surface area contributed by atoms with E-state index in [0.29, 0.717) is 12.2 Å². The van der Waals surface area contributed by atoms with E-state index in [1.165, 1.54) is 16.7 Å². The summed E-state index contributed by atoms with van der Waals surface area (Å²) in [5.74, 6) is 0.290. The third-order valence-corrected chi connectivity index (χ3v) is 2.91. The summed E-state index contributed by atoms with van der Waals surface area (Å²) in [5, 5.41) is 0. The predicted molar refractivity (Wildman–Crippen MR) is 55.7 cm³/mol. The van der Waals surface area contributed by atoms with Crippen molar-refractivity contribution in [3.63, 3.8) is 0 Å². The van der Waals surface area contributed by atoms with Crippen LogP contribution < -0.4 is 0 Å². The topological polar surface area (TPSA) is 17.1 Å². The molecule has 3 rings (SSSR count). The van der Waals surface area contributed by atoms with Crippen LogP contribution in [0.2, 0.25) is 0 Å². The van der Waals surface area contributed by atoms with Gasteiger partial charge in [-0.05, 0) is 23.1 Å². The van der Waals surface area contributed by atoms with Crippen molar-refractivity contribution in [2.45, 2.75) is 12.8 Å². The van der Waals surface area contributed by atoms with Gasteiger partial charge in [0.25, 0.3) is 0 Å². The molecule has 0 fully saturated rings. The number of carbonyl (C=O) groups is 1. The number of hydrogen-bond acceptors (Lipinski definition) is 1. The molecule has 0 aromatic heterocycles.